The second kappa shape index (κ2) is 10.5. The van der Waals surface area contributed by atoms with Crippen LogP contribution in [0.5, 0.6) is 0 Å². The van der Waals surface area contributed by atoms with Crippen LogP contribution < -0.4 is 10.6 Å². The number of aliphatic carboxylic acids is 1. The summed E-state index contributed by atoms with van der Waals surface area (Å²) in [4.78, 5) is 22.9. The van der Waals surface area contributed by atoms with Gasteiger partial charge in [0.2, 0.25) is 0 Å². The Kier molecular flexibility index (Phi) is 9.86. The molecule has 0 saturated carbocycles. The maximum atomic E-state index is 11.8. The normalized spacial score (nSPS) is 15.2. The van der Waals surface area contributed by atoms with Crippen molar-refractivity contribution in [3.05, 3.63) is 0 Å². The molecule has 20 heavy (non-hydrogen) atoms. The zero-order valence-electron chi connectivity index (χ0n) is 13.2. The van der Waals surface area contributed by atoms with E-state index in [1.165, 1.54) is 19.3 Å². The third kappa shape index (κ3) is 8.02. The first-order valence-electron chi connectivity index (χ1n) is 7.72. The molecule has 0 spiro atoms. The van der Waals surface area contributed by atoms with Crippen molar-refractivity contribution >= 4 is 12.0 Å². The summed E-state index contributed by atoms with van der Waals surface area (Å²) < 4.78 is 0. The van der Waals surface area contributed by atoms with Crippen molar-refractivity contribution in [2.24, 2.45) is 5.92 Å². The Morgan fingerprint density at radius 2 is 1.70 bits per heavy atom. The summed E-state index contributed by atoms with van der Waals surface area (Å²) in [6.45, 7) is 7.85. The summed E-state index contributed by atoms with van der Waals surface area (Å²) >= 11 is 0. The summed E-state index contributed by atoms with van der Waals surface area (Å²) in [6.07, 6.45) is 6.31. The van der Waals surface area contributed by atoms with Gasteiger partial charge < -0.3 is 15.7 Å². The molecule has 0 bridgehead atoms. The highest BCUT2D eigenvalue weighted by Crippen LogP contribution is 2.08. The number of rotatable bonds is 10. The van der Waals surface area contributed by atoms with Crippen LogP contribution in [0.25, 0.3) is 0 Å². The zero-order valence-corrected chi connectivity index (χ0v) is 13.2. The summed E-state index contributed by atoms with van der Waals surface area (Å²) in [5.74, 6) is -1.07. The molecule has 3 N–H and O–H groups in total. The predicted octanol–water partition coefficient (Wildman–Crippen LogP) is 3.14. The second-order valence-corrected chi connectivity index (χ2v) is 5.57. The van der Waals surface area contributed by atoms with E-state index in [2.05, 4.69) is 17.6 Å². The molecule has 5 heteroatoms. The van der Waals surface area contributed by atoms with Gasteiger partial charge in [-0.15, -0.1) is 0 Å². The van der Waals surface area contributed by atoms with E-state index in [1.54, 1.807) is 0 Å². The van der Waals surface area contributed by atoms with Crippen molar-refractivity contribution in [2.45, 2.75) is 78.3 Å². The van der Waals surface area contributed by atoms with E-state index >= 15 is 0 Å². The quantitative estimate of drug-likeness (QED) is 0.540. The Morgan fingerprint density at radius 3 is 2.20 bits per heavy atom. The molecule has 1 unspecified atom stereocenters. The first-order valence-corrected chi connectivity index (χ1v) is 7.72. The highest BCUT2D eigenvalue weighted by atomic mass is 16.4. The lowest BCUT2D eigenvalue weighted by atomic mass is 9.99. The molecule has 0 aromatic rings. The van der Waals surface area contributed by atoms with E-state index in [0.29, 0.717) is 6.42 Å². The van der Waals surface area contributed by atoms with Gasteiger partial charge in [-0.2, -0.15) is 0 Å². The van der Waals surface area contributed by atoms with Gasteiger partial charge in [-0.3, -0.25) is 0 Å². The number of carboxylic acids is 1. The molecule has 0 aromatic heterocycles. The molecule has 0 radical (unpaired) electrons. The van der Waals surface area contributed by atoms with Crippen molar-refractivity contribution in [3.8, 4) is 0 Å². The van der Waals surface area contributed by atoms with Gasteiger partial charge >= 0.3 is 12.0 Å². The van der Waals surface area contributed by atoms with E-state index in [4.69, 9.17) is 5.11 Å². The highest BCUT2D eigenvalue weighted by molar-refractivity contribution is 5.82. The van der Waals surface area contributed by atoms with Crippen LogP contribution in [-0.4, -0.2) is 29.2 Å². The van der Waals surface area contributed by atoms with Gasteiger partial charge in [0.25, 0.3) is 0 Å². The Bertz CT molecular complexity index is 295. The lowest BCUT2D eigenvalue weighted by Gasteiger charge is -2.22. The average Bonchev–Trinajstić information content (AvgIpc) is 2.39. The second-order valence-electron chi connectivity index (χ2n) is 5.57. The van der Waals surface area contributed by atoms with Crippen LogP contribution in [0, 0.1) is 5.92 Å². The van der Waals surface area contributed by atoms with E-state index in [-0.39, 0.29) is 18.0 Å². The van der Waals surface area contributed by atoms with E-state index in [9.17, 15) is 9.59 Å². The predicted molar refractivity (Wildman–Crippen MR) is 80.8 cm³/mol. The fraction of sp³-hybridized carbons (Fsp3) is 0.867. The first-order chi connectivity index (χ1) is 9.42. The molecular formula is C15H30N2O3. The van der Waals surface area contributed by atoms with Crippen molar-refractivity contribution in [3.63, 3.8) is 0 Å². The molecule has 0 aliphatic heterocycles. The SMILES string of the molecule is CCCCCCC(C)NC(=O)N[C@H](C(=O)O)[C@@H](C)CC. The zero-order chi connectivity index (χ0) is 15.5. The van der Waals surface area contributed by atoms with Crippen molar-refractivity contribution in [1.82, 2.24) is 10.6 Å². The van der Waals surface area contributed by atoms with Crippen LogP contribution in [0.1, 0.15) is 66.2 Å². The number of hydrogen-bond acceptors (Lipinski definition) is 2. The van der Waals surface area contributed by atoms with Gasteiger partial charge in [0.1, 0.15) is 6.04 Å². The molecule has 0 aliphatic rings. The Morgan fingerprint density at radius 1 is 1.05 bits per heavy atom. The Balaban J connectivity index is 4.09. The first kappa shape index (κ1) is 18.7. The minimum atomic E-state index is -0.981. The van der Waals surface area contributed by atoms with Crippen LogP contribution in [0.15, 0.2) is 0 Å². The monoisotopic (exact) mass is 286 g/mol. The standard InChI is InChI=1S/C15H30N2O3/c1-5-7-8-9-10-12(4)16-15(20)17-13(14(18)19)11(3)6-2/h11-13H,5-10H2,1-4H3,(H,18,19)(H2,16,17,20)/t11-,12?,13-/m0/s1. The number of carbonyl (C=O) groups is 2. The van der Waals surface area contributed by atoms with E-state index in [1.807, 2.05) is 20.8 Å². The molecule has 2 amide bonds. The number of urea groups is 1. The van der Waals surface area contributed by atoms with Crippen LogP contribution in [0.3, 0.4) is 0 Å². The molecule has 118 valence electrons. The van der Waals surface area contributed by atoms with Gasteiger partial charge in [-0.05, 0) is 19.3 Å². The fourth-order valence-electron chi connectivity index (χ4n) is 2.04. The van der Waals surface area contributed by atoms with E-state index in [0.717, 1.165) is 12.8 Å². The third-order valence-corrected chi connectivity index (χ3v) is 3.63. The molecule has 3 atom stereocenters. The number of nitrogens with one attached hydrogen (secondary N) is 2. The van der Waals surface area contributed by atoms with Gasteiger partial charge in [-0.25, -0.2) is 9.59 Å². The molecule has 0 aliphatic carbocycles. The van der Waals surface area contributed by atoms with Gasteiger partial charge in [0.15, 0.2) is 0 Å². The van der Waals surface area contributed by atoms with Crippen molar-refractivity contribution in [2.75, 3.05) is 0 Å². The number of carbonyl (C=O) groups excluding carboxylic acids is 1. The maximum Gasteiger partial charge on any atom is 0.326 e. The smallest absolute Gasteiger partial charge is 0.326 e. The fourth-order valence-corrected chi connectivity index (χ4v) is 2.04. The van der Waals surface area contributed by atoms with Crippen LogP contribution in [0.2, 0.25) is 0 Å². The van der Waals surface area contributed by atoms with Crippen LogP contribution in [0.4, 0.5) is 4.79 Å². The largest absolute Gasteiger partial charge is 0.480 e. The molecule has 0 rings (SSSR count). The summed E-state index contributed by atoms with van der Waals surface area (Å²) in [5.41, 5.74) is 0. The maximum absolute atomic E-state index is 11.8. The molecule has 0 fully saturated rings. The van der Waals surface area contributed by atoms with Gasteiger partial charge in [0, 0.05) is 6.04 Å². The molecule has 0 heterocycles. The minimum Gasteiger partial charge on any atom is -0.480 e. The Labute approximate surface area is 122 Å². The van der Waals surface area contributed by atoms with Crippen molar-refractivity contribution in [1.29, 1.82) is 0 Å². The number of amides is 2. The molecule has 0 saturated heterocycles. The molecular weight excluding hydrogens is 256 g/mol. The van der Waals surface area contributed by atoms with Gasteiger partial charge in [0.05, 0.1) is 0 Å². The summed E-state index contributed by atoms with van der Waals surface area (Å²) in [6, 6.07) is -1.15. The van der Waals surface area contributed by atoms with Crippen LogP contribution >= 0.6 is 0 Å². The molecule has 5 nitrogen and oxygen atoms in total. The van der Waals surface area contributed by atoms with Gasteiger partial charge in [-0.1, -0.05) is 52.9 Å². The summed E-state index contributed by atoms with van der Waals surface area (Å²) in [5, 5.41) is 14.5. The lowest BCUT2D eigenvalue weighted by Crippen LogP contribution is -2.50. The highest BCUT2D eigenvalue weighted by Gasteiger charge is 2.25. The number of unbranched alkanes of at least 4 members (excludes halogenated alkanes) is 3. The average molecular weight is 286 g/mol. The van der Waals surface area contributed by atoms with Crippen LogP contribution in [-0.2, 0) is 4.79 Å². The lowest BCUT2D eigenvalue weighted by molar-refractivity contribution is -0.140. The summed E-state index contributed by atoms with van der Waals surface area (Å²) in [7, 11) is 0. The Hall–Kier alpha value is -1.26. The minimum absolute atomic E-state index is 0.0678. The van der Waals surface area contributed by atoms with Crippen molar-refractivity contribution < 1.29 is 14.7 Å². The molecule has 0 aromatic carbocycles. The van der Waals surface area contributed by atoms with E-state index < -0.39 is 12.0 Å². The topological polar surface area (TPSA) is 78.4 Å². The number of carboxylic acid groups (broad SMARTS) is 1. The third-order valence-electron chi connectivity index (χ3n) is 3.63. The number of hydrogen-bond donors (Lipinski definition) is 3.